The third kappa shape index (κ3) is 2.80. The van der Waals surface area contributed by atoms with E-state index in [0.29, 0.717) is 5.92 Å². The van der Waals surface area contributed by atoms with Gasteiger partial charge < -0.3 is 9.88 Å². The Hall–Kier alpha value is -1.55. The van der Waals surface area contributed by atoms with Crippen LogP contribution in [-0.2, 0) is 6.54 Å². The maximum Gasteiger partial charge on any atom is 0.253 e. The monoisotopic (exact) mass is 288 g/mol. The molecule has 1 N–H and O–H groups in total. The van der Waals surface area contributed by atoms with Crippen LogP contribution in [0.2, 0.25) is 0 Å². The summed E-state index contributed by atoms with van der Waals surface area (Å²) < 4.78 is 2.22. The first-order chi connectivity index (χ1) is 9.65. The van der Waals surface area contributed by atoms with E-state index in [2.05, 4.69) is 34.3 Å². The topological polar surface area (TPSA) is 34.0 Å². The third-order valence-corrected chi connectivity index (χ3v) is 4.82. The van der Waals surface area contributed by atoms with Gasteiger partial charge in [-0.3, -0.25) is 4.79 Å². The summed E-state index contributed by atoms with van der Waals surface area (Å²) in [7, 11) is 0. The molecule has 0 radical (unpaired) electrons. The SMILES string of the molecule is Cc1cc(C(=O)NCC2CC2)c(C)n1Cc1cccs1. The molecule has 1 amide bonds. The summed E-state index contributed by atoms with van der Waals surface area (Å²) in [5.74, 6) is 0.788. The van der Waals surface area contributed by atoms with Gasteiger partial charge in [0.2, 0.25) is 0 Å². The van der Waals surface area contributed by atoms with Crippen molar-refractivity contribution in [3.63, 3.8) is 0 Å². The van der Waals surface area contributed by atoms with Gasteiger partial charge in [-0.05, 0) is 50.1 Å². The van der Waals surface area contributed by atoms with Gasteiger partial charge in [0.25, 0.3) is 5.91 Å². The number of nitrogens with one attached hydrogen (secondary N) is 1. The van der Waals surface area contributed by atoms with Crippen molar-refractivity contribution >= 4 is 17.2 Å². The number of carbonyl (C=O) groups is 1. The molecule has 1 aliphatic carbocycles. The van der Waals surface area contributed by atoms with Crippen LogP contribution in [0.15, 0.2) is 23.6 Å². The first-order valence-corrected chi connectivity index (χ1v) is 8.00. The molecule has 2 aromatic rings. The van der Waals surface area contributed by atoms with Crippen LogP contribution in [0.3, 0.4) is 0 Å². The molecule has 2 aromatic heterocycles. The molecule has 0 atom stereocenters. The van der Waals surface area contributed by atoms with E-state index in [1.54, 1.807) is 11.3 Å². The zero-order chi connectivity index (χ0) is 14.1. The third-order valence-electron chi connectivity index (χ3n) is 3.96. The number of amides is 1. The lowest BCUT2D eigenvalue weighted by Gasteiger charge is -2.08. The number of aromatic nitrogens is 1. The molecule has 20 heavy (non-hydrogen) atoms. The number of nitrogens with zero attached hydrogens (tertiary/aromatic N) is 1. The first kappa shape index (κ1) is 13.4. The Labute approximate surface area is 123 Å². The van der Waals surface area contributed by atoms with Crippen molar-refractivity contribution < 1.29 is 4.79 Å². The largest absolute Gasteiger partial charge is 0.352 e. The Kier molecular flexibility index (Phi) is 3.66. The average molecular weight is 288 g/mol. The number of aryl methyl sites for hydroxylation is 1. The quantitative estimate of drug-likeness (QED) is 0.899. The molecule has 0 unspecified atom stereocenters. The Bertz CT molecular complexity index is 609. The van der Waals surface area contributed by atoms with Crippen molar-refractivity contribution in [2.45, 2.75) is 33.2 Å². The van der Waals surface area contributed by atoms with E-state index in [-0.39, 0.29) is 5.91 Å². The number of carbonyl (C=O) groups excluding carboxylic acids is 1. The molecule has 3 rings (SSSR count). The van der Waals surface area contributed by atoms with Crippen LogP contribution in [0.25, 0.3) is 0 Å². The van der Waals surface area contributed by atoms with Crippen molar-refractivity contribution in [2.24, 2.45) is 5.92 Å². The molecule has 0 aromatic carbocycles. The van der Waals surface area contributed by atoms with Crippen molar-refractivity contribution in [3.05, 3.63) is 45.4 Å². The Morgan fingerprint density at radius 1 is 1.45 bits per heavy atom. The molecule has 106 valence electrons. The maximum atomic E-state index is 12.2. The summed E-state index contributed by atoms with van der Waals surface area (Å²) >= 11 is 1.75. The normalized spacial score (nSPS) is 14.5. The van der Waals surface area contributed by atoms with Gasteiger partial charge in [-0.1, -0.05) is 6.07 Å². The molecule has 0 aliphatic heterocycles. The minimum Gasteiger partial charge on any atom is -0.352 e. The summed E-state index contributed by atoms with van der Waals surface area (Å²) in [6, 6.07) is 6.21. The van der Waals surface area contributed by atoms with Crippen LogP contribution in [-0.4, -0.2) is 17.0 Å². The summed E-state index contributed by atoms with van der Waals surface area (Å²) in [6.07, 6.45) is 2.52. The molecular weight excluding hydrogens is 268 g/mol. The summed E-state index contributed by atoms with van der Waals surface area (Å²) in [5.41, 5.74) is 3.02. The van der Waals surface area contributed by atoms with E-state index < -0.39 is 0 Å². The molecule has 2 heterocycles. The first-order valence-electron chi connectivity index (χ1n) is 7.12. The van der Waals surface area contributed by atoms with Gasteiger partial charge >= 0.3 is 0 Å². The van der Waals surface area contributed by atoms with Gasteiger partial charge in [0.05, 0.1) is 12.1 Å². The molecule has 0 spiro atoms. The van der Waals surface area contributed by atoms with Crippen molar-refractivity contribution in [1.82, 2.24) is 9.88 Å². The molecule has 1 fully saturated rings. The van der Waals surface area contributed by atoms with Gasteiger partial charge in [0.1, 0.15) is 0 Å². The Morgan fingerprint density at radius 3 is 2.90 bits per heavy atom. The minimum absolute atomic E-state index is 0.0717. The molecule has 4 heteroatoms. The Balaban J connectivity index is 1.76. The number of rotatable bonds is 5. The highest BCUT2D eigenvalue weighted by Gasteiger charge is 2.23. The predicted octanol–water partition coefficient (Wildman–Crippen LogP) is 3.35. The predicted molar refractivity (Wildman–Crippen MR) is 82.4 cm³/mol. The second-order valence-corrected chi connectivity index (χ2v) is 6.64. The van der Waals surface area contributed by atoms with Gasteiger partial charge in [-0.15, -0.1) is 11.3 Å². The molecule has 1 aliphatic rings. The number of hydrogen-bond donors (Lipinski definition) is 1. The van der Waals surface area contributed by atoms with Gasteiger partial charge in [0.15, 0.2) is 0 Å². The zero-order valence-electron chi connectivity index (χ0n) is 12.0. The lowest BCUT2D eigenvalue weighted by Crippen LogP contribution is -2.26. The van der Waals surface area contributed by atoms with E-state index in [9.17, 15) is 4.79 Å². The van der Waals surface area contributed by atoms with Crippen LogP contribution in [0, 0.1) is 19.8 Å². The fourth-order valence-corrected chi connectivity index (χ4v) is 3.18. The number of thiophene rings is 1. The zero-order valence-corrected chi connectivity index (χ0v) is 12.8. The number of hydrogen-bond acceptors (Lipinski definition) is 2. The summed E-state index contributed by atoms with van der Waals surface area (Å²) in [5, 5.41) is 5.14. The molecule has 0 bridgehead atoms. The second kappa shape index (κ2) is 5.44. The lowest BCUT2D eigenvalue weighted by atomic mass is 10.2. The fourth-order valence-electron chi connectivity index (χ4n) is 2.49. The fraction of sp³-hybridized carbons (Fsp3) is 0.438. The average Bonchev–Trinajstić information content (AvgIpc) is 3.05. The maximum absolute atomic E-state index is 12.2. The highest BCUT2D eigenvalue weighted by Crippen LogP contribution is 2.27. The minimum atomic E-state index is 0.0717. The van der Waals surface area contributed by atoms with Crippen LogP contribution < -0.4 is 5.32 Å². The van der Waals surface area contributed by atoms with Crippen LogP contribution in [0.5, 0.6) is 0 Å². The summed E-state index contributed by atoms with van der Waals surface area (Å²) in [6.45, 7) is 5.78. The van der Waals surface area contributed by atoms with Crippen molar-refractivity contribution in [3.8, 4) is 0 Å². The molecular formula is C16H20N2OS. The van der Waals surface area contributed by atoms with Gasteiger partial charge in [-0.25, -0.2) is 0 Å². The van der Waals surface area contributed by atoms with E-state index in [1.807, 2.05) is 13.0 Å². The summed E-state index contributed by atoms with van der Waals surface area (Å²) in [4.78, 5) is 13.6. The van der Waals surface area contributed by atoms with Gasteiger partial charge in [-0.2, -0.15) is 0 Å². The highest BCUT2D eigenvalue weighted by atomic mass is 32.1. The van der Waals surface area contributed by atoms with Crippen LogP contribution in [0.4, 0.5) is 0 Å². The second-order valence-electron chi connectivity index (χ2n) is 5.60. The van der Waals surface area contributed by atoms with Gasteiger partial charge in [0, 0.05) is 22.8 Å². The van der Waals surface area contributed by atoms with Crippen molar-refractivity contribution in [1.29, 1.82) is 0 Å². The Morgan fingerprint density at radius 2 is 2.25 bits per heavy atom. The molecule has 3 nitrogen and oxygen atoms in total. The van der Waals surface area contributed by atoms with Crippen LogP contribution >= 0.6 is 11.3 Å². The smallest absolute Gasteiger partial charge is 0.253 e. The molecule has 0 saturated heterocycles. The molecule has 1 saturated carbocycles. The van der Waals surface area contributed by atoms with Crippen LogP contribution in [0.1, 0.15) is 39.5 Å². The van der Waals surface area contributed by atoms with Crippen molar-refractivity contribution in [2.75, 3.05) is 6.54 Å². The highest BCUT2D eigenvalue weighted by molar-refractivity contribution is 7.09. The van der Waals surface area contributed by atoms with E-state index in [0.717, 1.165) is 30.0 Å². The standard InChI is InChI=1S/C16H20N2OS/c1-11-8-15(16(19)17-9-13-5-6-13)12(2)18(11)10-14-4-3-7-20-14/h3-4,7-8,13H,5-6,9-10H2,1-2H3,(H,17,19). The van der Waals surface area contributed by atoms with E-state index in [4.69, 9.17) is 0 Å². The van der Waals surface area contributed by atoms with E-state index >= 15 is 0 Å². The van der Waals surface area contributed by atoms with E-state index in [1.165, 1.54) is 17.7 Å². The lowest BCUT2D eigenvalue weighted by molar-refractivity contribution is 0.0951.